The molecule has 3 atom stereocenters. The first-order valence-corrected chi connectivity index (χ1v) is 13.6. The number of carbonyl (C=O) groups is 3. The lowest BCUT2D eigenvalue weighted by Gasteiger charge is -2.41. The molecule has 3 aliphatic rings. The molecule has 204 valence electrons. The molecule has 39 heavy (non-hydrogen) atoms. The van der Waals surface area contributed by atoms with Gasteiger partial charge in [0.1, 0.15) is 5.82 Å². The van der Waals surface area contributed by atoms with Gasteiger partial charge in [-0.2, -0.15) is 0 Å². The minimum absolute atomic E-state index is 0.00558. The van der Waals surface area contributed by atoms with Crippen LogP contribution in [0.5, 0.6) is 0 Å². The summed E-state index contributed by atoms with van der Waals surface area (Å²) in [7, 11) is 0. The monoisotopic (exact) mass is 533 g/mol. The Morgan fingerprint density at radius 2 is 1.82 bits per heavy atom. The summed E-state index contributed by atoms with van der Waals surface area (Å²) in [5, 5.41) is 3.45. The van der Waals surface area contributed by atoms with Gasteiger partial charge in [-0.1, -0.05) is 6.07 Å². The number of hydrazine groups is 1. The molecule has 11 heteroatoms. The Kier molecular flexibility index (Phi) is 7.01. The maximum Gasteiger partial charge on any atom is 0.256 e. The van der Waals surface area contributed by atoms with Crippen LogP contribution >= 0.6 is 0 Å². The van der Waals surface area contributed by atoms with E-state index in [1.807, 2.05) is 6.07 Å². The van der Waals surface area contributed by atoms with Crippen LogP contribution in [0.15, 0.2) is 42.7 Å². The number of piperidine rings is 1. The molecular weight excluding hydrogens is 501 g/mol. The quantitative estimate of drug-likeness (QED) is 0.404. The number of nitrogens with one attached hydrogen (secondary N) is 4. The number of halogens is 1. The molecule has 3 unspecified atom stereocenters. The van der Waals surface area contributed by atoms with Crippen LogP contribution in [0.2, 0.25) is 0 Å². The molecule has 3 amide bonds. The lowest BCUT2D eigenvalue weighted by Crippen LogP contribution is -2.67. The van der Waals surface area contributed by atoms with Crippen molar-refractivity contribution in [1.82, 2.24) is 35.9 Å². The number of hydrogen-bond acceptors (Lipinski definition) is 6. The molecule has 4 heterocycles. The van der Waals surface area contributed by atoms with Gasteiger partial charge < -0.3 is 20.1 Å². The second-order valence-electron chi connectivity index (χ2n) is 10.6. The molecule has 0 aliphatic carbocycles. The highest BCUT2D eigenvalue weighted by atomic mass is 19.1. The summed E-state index contributed by atoms with van der Waals surface area (Å²) in [6.45, 7) is 2.50. The van der Waals surface area contributed by atoms with Gasteiger partial charge in [0, 0.05) is 43.8 Å². The highest BCUT2D eigenvalue weighted by Gasteiger charge is 2.40. The molecule has 4 N–H and O–H groups in total. The summed E-state index contributed by atoms with van der Waals surface area (Å²) in [5.41, 5.74) is 8.87. The molecular formula is C28H32FN7O3. The average Bonchev–Trinajstić information content (AvgIpc) is 3.30. The van der Waals surface area contributed by atoms with Crippen molar-refractivity contribution in [3.8, 4) is 0 Å². The van der Waals surface area contributed by atoms with E-state index < -0.39 is 5.82 Å². The topological polar surface area (TPSA) is 122 Å². The lowest BCUT2D eigenvalue weighted by molar-refractivity contribution is -0.131. The van der Waals surface area contributed by atoms with Crippen LogP contribution in [0.4, 0.5) is 4.39 Å². The summed E-state index contributed by atoms with van der Waals surface area (Å²) < 4.78 is 14.9. The minimum Gasteiger partial charge on any atom is -0.345 e. The predicted octanol–water partition coefficient (Wildman–Crippen LogP) is 1.60. The third-order valence-corrected chi connectivity index (χ3v) is 8.11. The number of H-pyrrole nitrogens is 1. The number of rotatable bonds is 4. The van der Waals surface area contributed by atoms with Crippen LogP contribution in [-0.2, 0) is 11.2 Å². The zero-order chi connectivity index (χ0) is 26.9. The fourth-order valence-corrected chi connectivity index (χ4v) is 6.02. The van der Waals surface area contributed by atoms with E-state index in [0.29, 0.717) is 44.6 Å². The number of aromatic amines is 1. The van der Waals surface area contributed by atoms with Crippen LogP contribution in [0.25, 0.3) is 11.0 Å². The summed E-state index contributed by atoms with van der Waals surface area (Å²) >= 11 is 0. The highest BCUT2D eigenvalue weighted by molar-refractivity contribution is 5.98. The molecule has 3 aromatic rings. The third-order valence-electron chi connectivity index (χ3n) is 8.11. The Morgan fingerprint density at radius 1 is 1.00 bits per heavy atom. The predicted molar refractivity (Wildman–Crippen MR) is 142 cm³/mol. The molecule has 1 aromatic heterocycles. The Labute approximate surface area is 225 Å². The van der Waals surface area contributed by atoms with Gasteiger partial charge in [0.2, 0.25) is 5.91 Å². The standard InChI is InChI=1S/C28H32FN7O3/c29-21-6-4-17(14-24-25-19(3-1-8-30-25)26(37)34-33-24)13-20(21)28(39)36-10-2-9-35(11-12-36)27(38)18-5-7-22-23(15-18)32-16-31-22/h4-7,13,15-16,19,24-25,30,33H,1-3,8-12,14H2,(H,31,32)(H,34,37). The van der Waals surface area contributed by atoms with E-state index in [1.54, 1.807) is 40.4 Å². The van der Waals surface area contributed by atoms with Crippen LogP contribution in [-0.4, -0.2) is 82.3 Å². The van der Waals surface area contributed by atoms with Crippen LogP contribution in [0, 0.1) is 11.7 Å². The van der Waals surface area contributed by atoms with E-state index in [1.165, 1.54) is 6.07 Å². The first kappa shape index (κ1) is 25.4. The largest absolute Gasteiger partial charge is 0.345 e. The van der Waals surface area contributed by atoms with E-state index in [-0.39, 0.29) is 41.3 Å². The van der Waals surface area contributed by atoms with Gasteiger partial charge >= 0.3 is 0 Å². The maximum absolute atomic E-state index is 14.9. The molecule has 0 bridgehead atoms. The molecule has 2 aromatic carbocycles. The van der Waals surface area contributed by atoms with Crippen molar-refractivity contribution >= 4 is 28.8 Å². The van der Waals surface area contributed by atoms with Gasteiger partial charge in [0.05, 0.1) is 28.8 Å². The Hall–Kier alpha value is -3.83. The summed E-state index contributed by atoms with van der Waals surface area (Å²) in [6, 6.07) is 9.94. The number of carbonyl (C=O) groups excluding carboxylic acids is 3. The molecule has 3 saturated heterocycles. The van der Waals surface area contributed by atoms with Crippen molar-refractivity contribution in [2.24, 2.45) is 5.92 Å². The zero-order valence-corrected chi connectivity index (χ0v) is 21.6. The SMILES string of the molecule is O=C1NNC(Cc2ccc(F)c(C(=O)N3CCCN(C(=O)c4ccc5nc[nH]c5c4)CC3)c2)C2NCCCC12. The zero-order valence-electron chi connectivity index (χ0n) is 21.6. The van der Waals surface area contributed by atoms with E-state index in [9.17, 15) is 18.8 Å². The summed E-state index contributed by atoms with van der Waals surface area (Å²) in [5.74, 6) is -1.14. The van der Waals surface area contributed by atoms with Gasteiger partial charge in [-0.25, -0.2) is 14.8 Å². The van der Waals surface area contributed by atoms with E-state index in [0.717, 1.165) is 36.0 Å². The van der Waals surface area contributed by atoms with E-state index >= 15 is 0 Å². The highest BCUT2D eigenvalue weighted by Crippen LogP contribution is 2.25. The number of amides is 3. The Morgan fingerprint density at radius 3 is 2.67 bits per heavy atom. The smallest absolute Gasteiger partial charge is 0.256 e. The lowest BCUT2D eigenvalue weighted by atomic mass is 9.82. The molecule has 10 nitrogen and oxygen atoms in total. The first-order valence-electron chi connectivity index (χ1n) is 13.6. The fraction of sp³-hybridized carbons (Fsp3) is 0.429. The van der Waals surface area contributed by atoms with E-state index in [2.05, 4.69) is 26.1 Å². The summed E-state index contributed by atoms with van der Waals surface area (Å²) in [6.07, 6.45) is 4.52. The third kappa shape index (κ3) is 5.11. The van der Waals surface area contributed by atoms with Crippen molar-refractivity contribution in [2.45, 2.75) is 37.8 Å². The number of fused-ring (bicyclic) bond motifs is 2. The van der Waals surface area contributed by atoms with Gasteiger partial charge in [0.25, 0.3) is 11.8 Å². The van der Waals surface area contributed by atoms with Gasteiger partial charge in [0.15, 0.2) is 0 Å². The molecule has 6 rings (SSSR count). The second-order valence-corrected chi connectivity index (χ2v) is 10.6. The fourth-order valence-electron chi connectivity index (χ4n) is 6.02. The molecule has 0 saturated carbocycles. The van der Waals surface area contributed by atoms with Crippen LogP contribution < -0.4 is 16.2 Å². The minimum atomic E-state index is -0.563. The maximum atomic E-state index is 14.9. The molecule has 3 aliphatic heterocycles. The molecule has 0 spiro atoms. The van der Waals surface area contributed by atoms with Gasteiger partial charge in [-0.3, -0.25) is 19.8 Å². The molecule has 3 fully saturated rings. The average molecular weight is 534 g/mol. The van der Waals surface area contributed by atoms with Crippen LogP contribution in [0.3, 0.4) is 0 Å². The summed E-state index contributed by atoms with van der Waals surface area (Å²) in [4.78, 5) is 49.5. The number of nitrogens with zero attached hydrogens (tertiary/aromatic N) is 3. The van der Waals surface area contributed by atoms with Crippen molar-refractivity contribution in [3.63, 3.8) is 0 Å². The van der Waals surface area contributed by atoms with Crippen molar-refractivity contribution in [3.05, 3.63) is 65.2 Å². The van der Waals surface area contributed by atoms with Gasteiger partial charge in [-0.05, 0) is 68.1 Å². The number of benzene rings is 2. The number of imidazole rings is 1. The normalized spacial score (nSPS) is 23.7. The number of hydrogen-bond donors (Lipinski definition) is 4. The number of aromatic nitrogens is 2. The first-order chi connectivity index (χ1) is 19.0. The van der Waals surface area contributed by atoms with Crippen molar-refractivity contribution < 1.29 is 18.8 Å². The van der Waals surface area contributed by atoms with Crippen LogP contribution in [0.1, 0.15) is 45.5 Å². The van der Waals surface area contributed by atoms with Crippen molar-refractivity contribution in [1.29, 1.82) is 0 Å². The Balaban J connectivity index is 1.13. The molecule has 0 radical (unpaired) electrons. The Bertz CT molecular complexity index is 1410. The van der Waals surface area contributed by atoms with Gasteiger partial charge in [-0.15, -0.1) is 0 Å². The second kappa shape index (κ2) is 10.7. The van der Waals surface area contributed by atoms with Crippen molar-refractivity contribution in [2.75, 3.05) is 32.7 Å². The van der Waals surface area contributed by atoms with E-state index in [4.69, 9.17) is 0 Å².